The Morgan fingerprint density at radius 2 is 1.87 bits per heavy atom. The van der Waals surface area contributed by atoms with Crippen molar-refractivity contribution < 1.29 is 22.4 Å². The molecule has 5 nitrogen and oxygen atoms in total. The van der Waals surface area contributed by atoms with Gasteiger partial charge in [0.1, 0.15) is 5.82 Å². The van der Waals surface area contributed by atoms with E-state index in [9.17, 15) is 22.4 Å². The molecule has 4 rings (SSSR count). The van der Waals surface area contributed by atoms with Gasteiger partial charge in [-0.2, -0.15) is 5.10 Å². The number of anilines is 1. The minimum atomic E-state index is -1.53. The summed E-state index contributed by atoms with van der Waals surface area (Å²) in [5.74, 6) is -5.32. The van der Waals surface area contributed by atoms with Crippen LogP contribution < -0.4 is 10.2 Å². The van der Waals surface area contributed by atoms with Gasteiger partial charge in [-0.25, -0.2) is 17.6 Å². The number of carbonyl (C=O) groups is 1. The second-order valence-electron chi connectivity index (χ2n) is 7.52. The quantitative estimate of drug-likeness (QED) is 0.500. The van der Waals surface area contributed by atoms with Crippen molar-refractivity contribution >= 4 is 11.6 Å². The Labute approximate surface area is 176 Å². The molecule has 1 fully saturated rings. The molecular weight excluding hydrogens is 412 g/mol. The third-order valence-electron chi connectivity index (χ3n) is 5.34. The highest BCUT2D eigenvalue weighted by atomic mass is 19.2. The van der Waals surface area contributed by atoms with Crippen LogP contribution in [0.4, 0.5) is 23.2 Å². The molecule has 0 unspecified atom stereocenters. The molecule has 0 bridgehead atoms. The Balaban J connectivity index is 1.47. The van der Waals surface area contributed by atoms with Crippen molar-refractivity contribution in [1.82, 2.24) is 15.1 Å². The fourth-order valence-corrected chi connectivity index (χ4v) is 3.76. The smallest absolute Gasteiger partial charge is 0.254 e. The molecule has 0 spiro atoms. The molecule has 1 aliphatic rings. The van der Waals surface area contributed by atoms with E-state index in [1.165, 1.54) is 18.2 Å². The first kappa shape index (κ1) is 20.9. The fraction of sp³-hybridized carbons (Fsp3) is 0.273. The summed E-state index contributed by atoms with van der Waals surface area (Å²) in [4.78, 5) is 14.2. The highest BCUT2D eigenvalue weighted by Gasteiger charge is 2.26. The maximum Gasteiger partial charge on any atom is 0.254 e. The molecule has 1 atom stereocenters. The van der Waals surface area contributed by atoms with E-state index in [4.69, 9.17) is 0 Å². The third-order valence-corrected chi connectivity index (χ3v) is 5.34. The van der Waals surface area contributed by atoms with Gasteiger partial charge in [-0.15, -0.1) is 0 Å². The second kappa shape index (κ2) is 8.41. The van der Waals surface area contributed by atoms with Gasteiger partial charge in [0, 0.05) is 37.9 Å². The van der Waals surface area contributed by atoms with Crippen molar-refractivity contribution in [3.8, 4) is 11.3 Å². The predicted octanol–water partition coefficient (Wildman–Crippen LogP) is 4.04. The SMILES string of the molecule is Cn1ccc(-c2ccc(C(=O)N[C@H]3CCCN(c4ccc(F)c(F)c4F)C3)c(F)c2)n1. The monoisotopic (exact) mass is 432 g/mol. The number of aryl methyl sites for hydroxylation is 1. The van der Waals surface area contributed by atoms with E-state index in [1.807, 2.05) is 0 Å². The van der Waals surface area contributed by atoms with Crippen molar-refractivity contribution in [2.75, 3.05) is 18.0 Å². The lowest BCUT2D eigenvalue weighted by Crippen LogP contribution is -2.48. The maximum absolute atomic E-state index is 14.6. The van der Waals surface area contributed by atoms with Crippen LogP contribution in [0.5, 0.6) is 0 Å². The molecule has 31 heavy (non-hydrogen) atoms. The van der Waals surface area contributed by atoms with Gasteiger partial charge >= 0.3 is 0 Å². The first-order valence-electron chi connectivity index (χ1n) is 9.82. The Morgan fingerprint density at radius 3 is 2.58 bits per heavy atom. The largest absolute Gasteiger partial charge is 0.367 e. The van der Waals surface area contributed by atoms with Crippen molar-refractivity contribution in [3.63, 3.8) is 0 Å². The molecular formula is C22H20F4N4O. The van der Waals surface area contributed by atoms with Crippen molar-refractivity contribution in [1.29, 1.82) is 0 Å². The molecule has 1 aromatic heterocycles. The van der Waals surface area contributed by atoms with Crippen LogP contribution in [-0.2, 0) is 7.05 Å². The van der Waals surface area contributed by atoms with Gasteiger partial charge < -0.3 is 10.2 Å². The van der Waals surface area contributed by atoms with E-state index in [1.54, 1.807) is 35.0 Å². The Kier molecular flexibility index (Phi) is 5.67. The lowest BCUT2D eigenvalue weighted by atomic mass is 10.0. The van der Waals surface area contributed by atoms with Gasteiger partial charge in [0.15, 0.2) is 17.5 Å². The predicted molar refractivity (Wildman–Crippen MR) is 108 cm³/mol. The average molecular weight is 432 g/mol. The summed E-state index contributed by atoms with van der Waals surface area (Å²) >= 11 is 0. The number of hydrogen-bond donors (Lipinski definition) is 1. The normalized spacial score (nSPS) is 16.4. The van der Waals surface area contributed by atoms with Crippen LogP contribution in [0.2, 0.25) is 0 Å². The molecule has 9 heteroatoms. The molecule has 0 aliphatic carbocycles. The number of hydrogen-bond acceptors (Lipinski definition) is 3. The number of nitrogens with one attached hydrogen (secondary N) is 1. The minimum Gasteiger partial charge on any atom is -0.367 e. The van der Waals surface area contributed by atoms with E-state index < -0.39 is 35.2 Å². The first-order chi connectivity index (χ1) is 14.8. The minimum absolute atomic E-state index is 0.0660. The molecule has 2 heterocycles. The Hall–Kier alpha value is -3.36. The summed E-state index contributed by atoms with van der Waals surface area (Å²) in [6.45, 7) is 0.628. The molecule has 1 N–H and O–H groups in total. The number of halogens is 4. The summed E-state index contributed by atoms with van der Waals surface area (Å²) in [5.41, 5.74) is 0.955. The van der Waals surface area contributed by atoms with Crippen LogP contribution in [0.15, 0.2) is 42.6 Å². The van der Waals surface area contributed by atoms with Crippen molar-refractivity contribution in [2.45, 2.75) is 18.9 Å². The average Bonchev–Trinajstić information content (AvgIpc) is 3.18. The van der Waals surface area contributed by atoms with E-state index in [-0.39, 0.29) is 17.8 Å². The Bertz CT molecular complexity index is 1130. The van der Waals surface area contributed by atoms with Crippen LogP contribution in [0.3, 0.4) is 0 Å². The van der Waals surface area contributed by atoms with Crippen LogP contribution in [-0.4, -0.2) is 34.8 Å². The molecule has 3 aromatic rings. The third kappa shape index (κ3) is 4.26. The molecule has 162 valence electrons. The zero-order valence-corrected chi connectivity index (χ0v) is 16.7. The first-order valence-corrected chi connectivity index (χ1v) is 9.82. The second-order valence-corrected chi connectivity index (χ2v) is 7.52. The fourth-order valence-electron chi connectivity index (χ4n) is 3.76. The van der Waals surface area contributed by atoms with Gasteiger partial charge in [0.2, 0.25) is 0 Å². The van der Waals surface area contributed by atoms with Crippen LogP contribution in [0.1, 0.15) is 23.2 Å². The number of amides is 1. The van der Waals surface area contributed by atoms with Crippen molar-refractivity contribution in [3.05, 3.63) is 71.4 Å². The van der Waals surface area contributed by atoms with Crippen LogP contribution >= 0.6 is 0 Å². The molecule has 1 amide bonds. The number of aromatic nitrogens is 2. The van der Waals surface area contributed by atoms with Gasteiger partial charge in [-0.1, -0.05) is 6.07 Å². The number of nitrogens with zero attached hydrogens (tertiary/aromatic N) is 3. The van der Waals surface area contributed by atoms with E-state index in [0.717, 1.165) is 6.07 Å². The number of piperidine rings is 1. The van der Waals surface area contributed by atoms with E-state index in [0.29, 0.717) is 30.6 Å². The lowest BCUT2D eigenvalue weighted by Gasteiger charge is -2.35. The number of benzene rings is 2. The summed E-state index contributed by atoms with van der Waals surface area (Å²) in [6.07, 6.45) is 2.93. The maximum atomic E-state index is 14.6. The molecule has 1 saturated heterocycles. The number of rotatable bonds is 4. The summed E-state index contributed by atoms with van der Waals surface area (Å²) < 4.78 is 57.1. The zero-order chi connectivity index (χ0) is 22.1. The lowest BCUT2D eigenvalue weighted by molar-refractivity contribution is 0.0929. The summed E-state index contributed by atoms with van der Waals surface area (Å²) in [6, 6.07) is 7.64. The van der Waals surface area contributed by atoms with Gasteiger partial charge in [0.25, 0.3) is 5.91 Å². The van der Waals surface area contributed by atoms with Crippen molar-refractivity contribution in [2.24, 2.45) is 7.05 Å². The van der Waals surface area contributed by atoms with E-state index in [2.05, 4.69) is 10.4 Å². The summed E-state index contributed by atoms with van der Waals surface area (Å²) in [7, 11) is 1.75. The summed E-state index contributed by atoms with van der Waals surface area (Å²) in [5, 5.41) is 6.96. The topological polar surface area (TPSA) is 50.2 Å². The zero-order valence-electron chi connectivity index (χ0n) is 16.7. The van der Waals surface area contributed by atoms with Gasteiger partial charge in [0.05, 0.1) is 16.9 Å². The Morgan fingerprint density at radius 1 is 1.06 bits per heavy atom. The van der Waals surface area contributed by atoms with Gasteiger partial charge in [-0.3, -0.25) is 9.48 Å². The highest BCUT2D eigenvalue weighted by Crippen LogP contribution is 2.27. The molecule has 2 aromatic carbocycles. The van der Waals surface area contributed by atoms with E-state index >= 15 is 0 Å². The molecule has 1 aliphatic heterocycles. The standard InChI is InChI=1S/C22H20F4N4O/c1-29-10-8-18(28-29)13-4-5-15(17(24)11-13)22(31)27-14-3-2-9-30(12-14)19-7-6-16(23)20(25)21(19)26/h4-8,10-11,14H,2-3,9,12H2,1H3,(H,27,31)/t14-/m0/s1. The van der Waals surface area contributed by atoms with Crippen LogP contribution in [0.25, 0.3) is 11.3 Å². The van der Waals surface area contributed by atoms with Gasteiger partial charge in [-0.05, 0) is 43.2 Å². The van der Waals surface area contributed by atoms with Crippen LogP contribution in [0, 0.1) is 23.3 Å². The molecule has 0 radical (unpaired) electrons. The highest BCUT2D eigenvalue weighted by molar-refractivity contribution is 5.95. The molecule has 0 saturated carbocycles. The number of carbonyl (C=O) groups excluding carboxylic acids is 1.